The van der Waals surface area contributed by atoms with E-state index in [1.54, 1.807) is 30.3 Å². The molecule has 0 fully saturated rings. The number of carbonyl (C=O) groups is 2. The number of anilines is 2. The summed E-state index contributed by atoms with van der Waals surface area (Å²) in [4.78, 5) is 24.3. The van der Waals surface area contributed by atoms with Gasteiger partial charge in [-0.15, -0.1) is 10.2 Å². The van der Waals surface area contributed by atoms with Crippen LogP contribution in [-0.2, 0) is 4.79 Å². The summed E-state index contributed by atoms with van der Waals surface area (Å²) < 4.78 is 24.2. The maximum atomic E-state index is 13.2. The largest absolute Gasteiger partial charge is 0.486 e. The summed E-state index contributed by atoms with van der Waals surface area (Å²) in [6.07, 6.45) is 0. The van der Waals surface area contributed by atoms with E-state index in [1.165, 1.54) is 30.0 Å². The molecule has 3 aromatic rings. The number of thioether (sulfide) groups is 1. The van der Waals surface area contributed by atoms with Crippen molar-refractivity contribution in [1.82, 2.24) is 10.2 Å². The van der Waals surface area contributed by atoms with Crippen molar-refractivity contribution >= 4 is 35.1 Å². The maximum Gasteiger partial charge on any atom is 0.256 e. The van der Waals surface area contributed by atoms with Crippen molar-refractivity contribution in [3.63, 3.8) is 0 Å². The van der Waals surface area contributed by atoms with Crippen LogP contribution >= 0.6 is 11.8 Å². The molecule has 0 radical (unpaired) electrons. The zero-order valence-electron chi connectivity index (χ0n) is 16.1. The lowest BCUT2D eigenvalue weighted by Crippen LogP contribution is -2.17. The Balaban J connectivity index is 1.28. The highest BCUT2D eigenvalue weighted by molar-refractivity contribution is 7.99. The van der Waals surface area contributed by atoms with Crippen molar-refractivity contribution in [3.8, 4) is 11.5 Å². The molecule has 31 heavy (non-hydrogen) atoms. The van der Waals surface area contributed by atoms with Gasteiger partial charge < -0.3 is 20.1 Å². The fraction of sp³-hybridized carbons (Fsp3) is 0.143. The molecule has 0 atom stereocenters. The number of amides is 2. The average molecular weight is 440 g/mol. The topological polar surface area (TPSA) is 102 Å². The van der Waals surface area contributed by atoms with Crippen LogP contribution in [0.1, 0.15) is 10.4 Å². The first kappa shape index (κ1) is 20.6. The lowest BCUT2D eigenvalue weighted by molar-refractivity contribution is -0.113. The van der Waals surface area contributed by atoms with E-state index in [0.29, 0.717) is 35.4 Å². The van der Waals surface area contributed by atoms with E-state index < -0.39 is 11.7 Å². The van der Waals surface area contributed by atoms with Crippen molar-refractivity contribution in [1.29, 1.82) is 0 Å². The number of carbonyl (C=O) groups excluding carboxylic acids is 2. The van der Waals surface area contributed by atoms with E-state index >= 15 is 0 Å². The quantitative estimate of drug-likeness (QED) is 0.567. The van der Waals surface area contributed by atoms with Gasteiger partial charge in [-0.2, -0.15) is 0 Å². The molecule has 0 bridgehead atoms. The molecule has 0 saturated heterocycles. The number of benzene rings is 2. The van der Waals surface area contributed by atoms with Crippen LogP contribution < -0.4 is 20.1 Å². The predicted molar refractivity (Wildman–Crippen MR) is 113 cm³/mol. The second-order valence-corrected chi connectivity index (χ2v) is 7.41. The van der Waals surface area contributed by atoms with Crippen molar-refractivity contribution < 1.29 is 23.5 Å². The van der Waals surface area contributed by atoms with Crippen molar-refractivity contribution in [2.24, 2.45) is 0 Å². The molecule has 0 unspecified atom stereocenters. The predicted octanol–water partition coefficient (Wildman–Crippen LogP) is 3.37. The summed E-state index contributed by atoms with van der Waals surface area (Å²) in [7, 11) is 0. The van der Waals surface area contributed by atoms with Gasteiger partial charge in [-0.3, -0.25) is 9.59 Å². The van der Waals surface area contributed by atoms with Crippen LogP contribution in [0.3, 0.4) is 0 Å². The van der Waals surface area contributed by atoms with Crippen molar-refractivity contribution in [2.45, 2.75) is 5.03 Å². The van der Waals surface area contributed by atoms with Gasteiger partial charge in [0, 0.05) is 17.3 Å². The van der Waals surface area contributed by atoms with Crippen LogP contribution in [-0.4, -0.2) is 41.0 Å². The molecule has 1 aliphatic heterocycles. The number of hydrogen-bond donors (Lipinski definition) is 2. The zero-order chi connectivity index (χ0) is 21.6. The average Bonchev–Trinajstić information content (AvgIpc) is 2.78. The number of halogens is 1. The third-order valence-electron chi connectivity index (χ3n) is 4.15. The third-order valence-corrected chi connectivity index (χ3v) is 5.07. The van der Waals surface area contributed by atoms with Crippen LogP contribution in [0.4, 0.5) is 15.9 Å². The van der Waals surface area contributed by atoms with E-state index in [2.05, 4.69) is 20.8 Å². The van der Waals surface area contributed by atoms with Crippen LogP contribution in [0.15, 0.2) is 59.6 Å². The lowest BCUT2D eigenvalue weighted by atomic mass is 10.2. The summed E-state index contributed by atoms with van der Waals surface area (Å²) in [5.74, 6) is 0.384. The van der Waals surface area contributed by atoms with E-state index in [4.69, 9.17) is 9.47 Å². The second-order valence-electron chi connectivity index (χ2n) is 6.42. The summed E-state index contributed by atoms with van der Waals surface area (Å²) in [6, 6.07) is 13.7. The summed E-state index contributed by atoms with van der Waals surface area (Å²) in [5.41, 5.74) is 0.785. The lowest BCUT2D eigenvalue weighted by Gasteiger charge is -2.18. The van der Waals surface area contributed by atoms with Gasteiger partial charge in [-0.25, -0.2) is 4.39 Å². The molecule has 2 heterocycles. The van der Waals surface area contributed by atoms with Crippen molar-refractivity contribution in [3.05, 3.63) is 66.0 Å². The fourth-order valence-electron chi connectivity index (χ4n) is 2.74. The van der Waals surface area contributed by atoms with Crippen molar-refractivity contribution in [2.75, 3.05) is 29.6 Å². The normalized spacial score (nSPS) is 12.2. The molecule has 0 saturated carbocycles. The molecule has 2 aromatic carbocycles. The molecule has 0 aliphatic carbocycles. The number of hydrogen-bond acceptors (Lipinski definition) is 7. The Morgan fingerprint density at radius 1 is 0.968 bits per heavy atom. The van der Waals surface area contributed by atoms with Gasteiger partial charge >= 0.3 is 0 Å². The molecule has 8 nitrogen and oxygen atoms in total. The molecular weight excluding hydrogens is 423 g/mol. The first-order valence-electron chi connectivity index (χ1n) is 9.30. The minimum atomic E-state index is -0.500. The SMILES string of the molecule is O=C(CSc1ccc(NC(=O)c2cccc(F)c2)nn1)Nc1ccc2c(c1)OCCO2. The van der Waals surface area contributed by atoms with Crippen LogP contribution in [0.5, 0.6) is 11.5 Å². The Morgan fingerprint density at radius 2 is 1.81 bits per heavy atom. The van der Waals surface area contributed by atoms with Gasteiger partial charge in [0.25, 0.3) is 5.91 Å². The summed E-state index contributed by atoms with van der Waals surface area (Å²) in [5, 5.41) is 13.8. The Labute approximate surface area is 181 Å². The number of nitrogens with one attached hydrogen (secondary N) is 2. The highest BCUT2D eigenvalue weighted by Gasteiger charge is 2.13. The Morgan fingerprint density at radius 3 is 2.58 bits per heavy atom. The van der Waals surface area contributed by atoms with Crippen LogP contribution in [0.25, 0.3) is 0 Å². The standard InChI is InChI=1S/C21H17FN4O4S/c22-14-3-1-2-13(10-14)21(28)24-18-6-7-20(26-25-18)31-12-19(27)23-15-4-5-16-17(11-15)30-9-8-29-16/h1-7,10-11H,8-9,12H2,(H,23,27)(H,24,25,28). The molecule has 1 aliphatic rings. The number of nitrogens with zero attached hydrogens (tertiary/aromatic N) is 2. The number of fused-ring (bicyclic) bond motifs is 1. The Bertz CT molecular complexity index is 1110. The fourth-order valence-corrected chi connectivity index (χ4v) is 3.35. The summed E-state index contributed by atoms with van der Waals surface area (Å²) in [6.45, 7) is 0.973. The van der Waals surface area contributed by atoms with E-state index in [-0.39, 0.29) is 23.0 Å². The monoisotopic (exact) mass is 440 g/mol. The molecule has 0 spiro atoms. The molecule has 2 amide bonds. The number of rotatable bonds is 6. The zero-order valence-corrected chi connectivity index (χ0v) is 16.9. The second kappa shape index (κ2) is 9.43. The van der Waals surface area contributed by atoms with Gasteiger partial charge in [0.2, 0.25) is 5.91 Å². The maximum absolute atomic E-state index is 13.2. The minimum absolute atomic E-state index is 0.123. The molecule has 158 valence electrons. The number of ether oxygens (including phenoxy) is 2. The molecule has 2 N–H and O–H groups in total. The van der Waals surface area contributed by atoms with E-state index in [1.807, 2.05) is 0 Å². The molecule has 10 heteroatoms. The van der Waals surface area contributed by atoms with E-state index in [9.17, 15) is 14.0 Å². The van der Waals surface area contributed by atoms with Gasteiger partial charge in [0.05, 0.1) is 5.75 Å². The van der Waals surface area contributed by atoms with Gasteiger partial charge in [0.15, 0.2) is 17.3 Å². The summed E-state index contributed by atoms with van der Waals surface area (Å²) >= 11 is 1.20. The van der Waals surface area contributed by atoms with Crippen LogP contribution in [0.2, 0.25) is 0 Å². The van der Waals surface area contributed by atoms with E-state index in [0.717, 1.165) is 6.07 Å². The Kier molecular flexibility index (Phi) is 6.27. The van der Waals surface area contributed by atoms with Gasteiger partial charge in [-0.05, 0) is 42.5 Å². The molecular formula is C21H17FN4O4S. The Hall–Kier alpha value is -3.66. The first-order chi connectivity index (χ1) is 15.1. The minimum Gasteiger partial charge on any atom is -0.486 e. The van der Waals surface area contributed by atoms with Gasteiger partial charge in [-0.1, -0.05) is 17.8 Å². The molecule has 1 aromatic heterocycles. The van der Waals surface area contributed by atoms with Gasteiger partial charge in [0.1, 0.15) is 24.1 Å². The highest BCUT2D eigenvalue weighted by Crippen LogP contribution is 2.32. The third kappa shape index (κ3) is 5.48. The molecule has 4 rings (SSSR count). The smallest absolute Gasteiger partial charge is 0.256 e. The first-order valence-corrected chi connectivity index (χ1v) is 10.3. The highest BCUT2D eigenvalue weighted by atomic mass is 32.2. The van der Waals surface area contributed by atoms with Crippen LogP contribution in [0, 0.1) is 5.82 Å². The number of aromatic nitrogens is 2.